The molecule has 3 N–H and O–H groups in total. The lowest BCUT2D eigenvalue weighted by molar-refractivity contribution is 0.654. The number of halogens is 1. The highest BCUT2D eigenvalue weighted by Gasteiger charge is 2.05. The highest BCUT2D eigenvalue weighted by molar-refractivity contribution is 6.30. The summed E-state index contributed by atoms with van der Waals surface area (Å²) >= 11 is 5.76. The molecule has 2 nitrogen and oxygen atoms in total. The van der Waals surface area contributed by atoms with Crippen molar-refractivity contribution in [3.8, 4) is 0 Å². The average molecular weight is 185 g/mol. The molecule has 0 saturated heterocycles. The Morgan fingerprint density at radius 1 is 1.50 bits per heavy atom. The third-order valence-electron chi connectivity index (χ3n) is 1.95. The minimum Gasteiger partial charge on any atom is -0.398 e. The van der Waals surface area contributed by atoms with Crippen LogP contribution in [0.1, 0.15) is 18.5 Å². The number of anilines is 1. The van der Waals surface area contributed by atoms with Crippen LogP contribution in [-0.4, -0.2) is 7.05 Å². The molecule has 0 radical (unpaired) electrons. The van der Waals surface area contributed by atoms with E-state index in [1.54, 1.807) is 6.07 Å². The second-order valence-corrected chi connectivity index (χ2v) is 3.22. The molecule has 0 aliphatic carbocycles. The fraction of sp³-hybridized carbons (Fsp3) is 0.333. The van der Waals surface area contributed by atoms with Crippen molar-refractivity contribution in [2.45, 2.75) is 13.0 Å². The van der Waals surface area contributed by atoms with Crippen molar-refractivity contribution in [1.82, 2.24) is 5.32 Å². The molecule has 0 aromatic heterocycles. The molecule has 0 amide bonds. The Labute approximate surface area is 77.7 Å². The van der Waals surface area contributed by atoms with Crippen molar-refractivity contribution in [3.05, 3.63) is 28.8 Å². The molecule has 66 valence electrons. The van der Waals surface area contributed by atoms with Crippen LogP contribution in [0.15, 0.2) is 18.2 Å². The normalized spacial score (nSPS) is 12.9. The number of hydrogen-bond donors (Lipinski definition) is 2. The first-order valence-electron chi connectivity index (χ1n) is 3.87. The minimum atomic E-state index is 0.266. The van der Waals surface area contributed by atoms with Crippen LogP contribution in [0.25, 0.3) is 0 Å². The second kappa shape index (κ2) is 3.78. The molecule has 0 spiro atoms. The van der Waals surface area contributed by atoms with Gasteiger partial charge in [-0.1, -0.05) is 17.7 Å². The van der Waals surface area contributed by atoms with Gasteiger partial charge in [-0.15, -0.1) is 0 Å². The summed E-state index contributed by atoms with van der Waals surface area (Å²) in [6.45, 7) is 2.06. The largest absolute Gasteiger partial charge is 0.398 e. The molecule has 0 heterocycles. The van der Waals surface area contributed by atoms with E-state index < -0.39 is 0 Å². The quantitative estimate of drug-likeness (QED) is 0.692. The van der Waals surface area contributed by atoms with Crippen molar-refractivity contribution in [1.29, 1.82) is 0 Å². The van der Waals surface area contributed by atoms with E-state index in [0.717, 1.165) is 11.3 Å². The third-order valence-corrected chi connectivity index (χ3v) is 2.18. The number of nitrogen functional groups attached to an aromatic ring is 1. The van der Waals surface area contributed by atoms with Crippen LogP contribution in [-0.2, 0) is 0 Å². The zero-order chi connectivity index (χ0) is 9.14. The number of nitrogens with two attached hydrogens (primary N) is 1. The van der Waals surface area contributed by atoms with Crippen LogP contribution < -0.4 is 11.1 Å². The summed E-state index contributed by atoms with van der Waals surface area (Å²) in [6, 6.07) is 5.83. The first-order valence-corrected chi connectivity index (χ1v) is 4.25. The van der Waals surface area contributed by atoms with Crippen molar-refractivity contribution < 1.29 is 0 Å². The van der Waals surface area contributed by atoms with Crippen molar-refractivity contribution in [3.63, 3.8) is 0 Å². The second-order valence-electron chi connectivity index (χ2n) is 2.78. The summed E-state index contributed by atoms with van der Waals surface area (Å²) in [5, 5.41) is 3.80. The Morgan fingerprint density at radius 3 is 2.67 bits per heavy atom. The topological polar surface area (TPSA) is 38.0 Å². The average Bonchev–Trinajstić information content (AvgIpc) is 2.03. The van der Waals surface area contributed by atoms with E-state index in [0.29, 0.717) is 5.02 Å². The Morgan fingerprint density at radius 2 is 2.17 bits per heavy atom. The molecule has 0 saturated carbocycles. The predicted molar refractivity (Wildman–Crippen MR) is 53.3 cm³/mol. The van der Waals surface area contributed by atoms with Gasteiger partial charge in [-0.3, -0.25) is 0 Å². The lowest BCUT2D eigenvalue weighted by Gasteiger charge is -2.13. The van der Waals surface area contributed by atoms with E-state index in [2.05, 4.69) is 12.2 Å². The number of nitrogens with one attached hydrogen (secondary N) is 1. The minimum absolute atomic E-state index is 0.266. The van der Waals surface area contributed by atoms with E-state index in [1.807, 2.05) is 19.2 Å². The molecule has 1 aromatic rings. The van der Waals surface area contributed by atoms with Gasteiger partial charge in [0.2, 0.25) is 0 Å². The van der Waals surface area contributed by atoms with Crippen LogP contribution in [0.4, 0.5) is 5.69 Å². The third kappa shape index (κ3) is 1.90. The van der Waals surface area contributed by atoms with Gasteiger partial charge in [-0.05, 0) is 31.7 Å². The molecule has 0 aliphatic heterocycles. The summed E-state index contributed by atoms with van der Waals surface area (Å²) < 4.78 is 0. The van der Waals surface area contributed by atoms with Crippen molar-refractivity contribution in [2.24, 2.45) is 0 Å². The monoisotopic (exact) mass is 184 g/mol. The van der Waals surface area contributed by atoms with Crippen molar-refractivity contribution >= 4 is 17.3 Å². The molecular formula is C9H13ClN2. The molecule has 12 heavy (non-hydrogen) atoms. The molecule has 3 heteroatoms. The summed E-state index contributed by atoms with van der Waals surface area (Å²) in [7, 11) is 1.90. The lowest BCUT2D eigenvalue weighted by atomic mass is 10.1. The Bertz CT molecular complexity index is 273. The van der Waals surface area contributed by atoms with E-state index in [9.17, 15) is 0 Å². The fourth-order valence-electron chi connectivity index (χ4n) is 1.10. The van der Waals surface area contributed by atoms with Gasteiger partial charge >= 0.3 is 0 Å². The van der Waals surface area contributed by atoms with Crippen molar-refractivity contribution in [2.75, 3.05) is 12.8 Å². The van der Waals surface area contributed by atoms with Crippen LogP contribution >= 0.6 is 11.6 Å². The number of benzene rings is 1. The summed E-state index contributed by atoms with van der Waals surface area (Å²) in [6.07, 6.45) is 0. The Hall–Kier alpha value is -0.730. The van der Waals surface area contributed by atoms with E-state index in [4.69, 9.17) is 17.3 Å². The molecular weight excluding hydrogens is 172 g/mol. The number of hydrogen-bond acceptors (Lipinski definition) is 2. The standard InChI is InChI=1S/C9H13ClN2/c1-6(12-2)8-4-3-7(10)5-9(8)11/h3-6,12H,11H2,1-2H3/t6-/m0/s1. The zero-order valence-electron chi connectivity index (χ0n) is 7.26. The van der Waals surface area contributed by atoms with Gasteiger partial charge in [0.25, 0.3) is 0 Å². The van der Waals surface area contributed by atoms with E-state index in [1.165, 1.54) is 0 Å². The maximum atomic E-state index is 5.77. The van der Waals surface area contributed by atoms with Gasteiger partial charge < -0.3 is 11.1 Å². The summed E-state index contributed by atoms with van der Waals surface area (Å²) in [5.41, 5.74) is 7.60. The molecule has 1 atom stereocenters. The molecule has 0 unspecified atom stereocenters. The van der Waals surface area contributed by atoms with E-state index >= 15 is 0 Å². The lowest BCUT2D eigenvalue weighted by Crippen LogP contribution is -2.13. The molecule has 1 aromatic carbocycles. The van der Waals surface area contributed by atoms with E-state index in [-0.39, 0.29) is 6.04 Å². The van der Waals surface area contributed by atoms with Gasteiger partial charge in [0.05, 0.1) is 0 Å². The summed E-state index contributed by atoms with van der Waals surface area (Å²) in [4.78, 5) is 0. The Balaban J connectivity index is 3.01. The van der Waals surface area contributed by atoms with Crippen LogP contribution in [0, 0.1) is 0 Å². The number of rotatable bonds is 2. The molecule has 0 bridgehead atoms. The maximum absolute atomic E-state index is 5.77. The SMILES string of the molecule is CN[C@@H](C)c1ccc(Cl)cc1N. The summed E-state index contributed by atoms with van der Waals surface area (Å²) in [5.74, 6) is 0. The predicted octanol–water partition coefficient (Wildman–Crippen LogP) is 2.20. The van der Waals surface area contributed by atoms with Gasteiger partial charge in [-0.2, -0.15) is 0 Å². The molecule has 1 rings (SSSR count). The highest BCUT2D eigenvalue weighted by atomic mass is 35.5. The van der Waals surface area contributed by atoms with Crippen LogP contribution in [0.5, 0.6) is 0 Å². The van der Waals surface area contributed by atoms with Gasteiger partial charge in [0.15, 0.2) is 0 Å². The van der Waals surface area contributed by atoms with Gasteiger partial charge in [0.1, 0.15) is 0 Å². The van der Waals surface area contributed by atoms with Gasteiger partial charge in [0, 0.05) is 16.8 Å². The molecule has 0 aliphatic rings. The Kier molecular flexibility index (Phi) is 2.95. The molecule has 0 fully saturated rings. The maximum Gasteiger partial charge on any atom is 0.0426 e. The first kappa shape index (κ1) is 9.36. The van der Waals surface area contributed by atoms with Crippen LogP contribution in [0.2, 0.25) is 5.02 Å². The smallest absolute Gasteiger partial charge is 0.0426 e. The zero-order valence-corrected chi connectivity index (χ0v) is 8.02. The fourth-order valence-corrected chi connectivity index (χ4v) is 1.28. The van der Waals surface area contributed by atoms with Gasteiger partial charge in [-0.25, -0.2) is 0 Å². The van der Waals surface area contributed by atoms with Crippen LogP contribution in [0.3, 0.4) is 0 Å². The highest BCUT2D eigenvalue weighted by Crippen LogP contribution is 2.23. The first-order chi connectivity index (χ1) is 5.65.